The third-order valence-corrected chi connectivity index (χ3v) is 1.35. The van der Waals surface area contributed by atoms with Crippen LogP contribution in [0.1, 0.15) is 6.42 Å². The van der Waals surface area contributed by atoms with Crippen LogP contribution in [0, 0.1) is 10.1 Å². The van der Waals surface area contributed by atoms with Crippen molar-refractivity contribution in [2.75, 3.05) is 13.2 Å². The Balaban J connectivity index is 2.29. The first-order chi connectivity index (χ1) is 5.20. The van der Waals surface area contributed by atoms with E-state index in [1.54, 1.807) is 0 Å². The van der Waals surface area contributed by atoms with Crippen LogP contribution < -0.4 is 0 Å². The van der Waals surface area contributed by atoms with E-state index in [4.69, 9.17) is 9.47 Å². The van der Waals surface area contributed by atoms with E-state index >= 15 is 0 Å². The monoisotopic (exact) mass is 159 g/mol. The quantitative estimate of drug-likeness (QED) is 0.445. The maximum atomic E-state index is 10.1. The molecule has 1 aliphatic heterocycles. The summed E-state index contributed by atoms with van der Waals surface area (Å²) < 4.78 is 9.97. The summed E-state index contributed by atoms with van der Waals surface area (Å²) in [6.45, 7) is 4.28. The molecular weight excluding hydrogens is 150 g/mol. The zero-order valence-electron chi connectivity index (χ0n) is 5.99. The van der Waals surface area contributed by atoms with Gasteiger partial charge in [-0.2, -0.15) is 0 Å². The van der Waals surface area contributed by atoms with E-state index in [0.29, 0.717) is 13.2 Å². The lowest BCUT2D eigenvalue weighted by Crippen LogP contribution is -2.11. The summed E-state index contributed by atoms with van der Waals surface area (Å²) in [5.41, 5.74) is -0.0723. The third-order valence-electron chi connectivity index (χ3n) is 1.35. The zero-order valence-corrected chi connectivity index (χ0v) is 5.99. The zero-order chi connectivity index (χ0) is 8.27. The lowest BCUT2D eigenvalue weighted by Gasteiger charge is -2.04. The third kappa shape index (κ3) is 2.28. The van der Waals surface area contributed by atoms with Crippen molar-refractivity contribution in [3.05, 3.63) is 22.4 Å². The van der Waals surface area contributed by atoms with Gasteiger partial charge in [-0.3, -0.25) is 10.1 Å². The van der Waals surface area contributed by atoms with Gasteiger partial charge in [0.2, 0.25) is 5.70 Å². The molecule has 5 nitrogen and oxygen atoms in total. The van der Waals surface area contributed by atoms with Crippen LogP contribution in [0.2, 0.25) is 0 Å². The Morgan fingerprint density at radius 3 is 2.64 bits per heavy atom. The standard InChI is InChI=1S/C6H9NO4/c1-5(7(8)9)4-6-10-2-3-11-6/h6H,1-4H2. The van der Waals surface area contributed by atoms with Crippen LogP contribution in [0.3, 0.4) is 0 Å². The van der Waals surface area contributed by atoms with Gasteiger partial charge in [0, 0.05) is 0 Å². The molecular formula is C6H9NO4. The van der Waals surface area contributed by atoms with Crippen LogP contribution in [0.5, 0.6) is 0 Å². The predicted molar refractivity (Wildman–Crippen MR) is 36.4 cm³/mol. The maximum Gasteiger partial charge on any atom is 0.244 e. The molecule has 0 amide bonds. The Morgan fingerprint density at radius 2 is 2.18 bits per heavy atom. The summed E-state index contributed by atoms with van der Waals surface area (Å²) in [6.07, 6.45) is -0.319. The predicted octanol–water partition coefficient (Wildman–Crippen LogP) is 0.540. The molecule has 0 radical (unpaired) electrons. The van der Waals surface area contributed by atoms with E-state index in [-0.39, 0.29) is 12.1 Å². The number of rotatable bonds is 3. The van der Waals surface area contributed by atoms with Crippen LogP contribution in [-0.4, -0.2) is 24.4 Å². The highest BCUT2D eigenvalue weighted by atomic mass is 16.7. The molecule has 1 heterocycles. The van der Waals surface area contributed by atoms with Gasteiger partial charge < -0.3 is 9.47 Å². The summed E-state index contributed by atoms with van der Waals surface area (Å²) >= 11 is 0. The average Bonchev–Trinajstić information content (AvgIpc) is 2.39. The first-order valence-corrected chi connectivity index (χ1v) is 3.25. The minimum Gasteiger partial charge on any atom is -0.350 e. The minimum atomic E-state index is -0.523. The van der Waals surface area contributed by atoms with Crippen molar-refractivity contribution in [2.45, 2.75) is 12.7 Å². The van der Waals surface area contributed by atoms with E-state index in [1.165, 1.54) is 0 Å². The summed E-state index contributed by atoms with van der Waals surface area (Å²) in [5, 5.41) is 10.1. The van der Waals surface area contributed by atoms with Crippen LogP contribution in [0.25, 0.3) is 0 Å². The number of hydrogen-bond donors (Lipinski definition) is 0. The molecule has 5 heteroatoms. The lowest BCUT2D eigenvalue weighted by molar-refractivity contribution is -0.430. The topological polar surface area (TPSA) is 61.6 Å². The fourth-order valence-corrected chi connectivity index (χ4v) is 0.792. The Morgan fingerprint density at radius 1 is 1.64 bits per heavy atom. The Hall–Kier alpha value is -0.940. The van der Waals surface area contributed by atoms with E-state index in [2.05, 4.69) is 6.58 Å². The maximum absolute atomic E-state index is 10.1. The molecule has 1 fully saturated rings. The van der Waals surface area contributed by atoms with E-state index < -0.39 is 11.2 Å². The van der Waals surface area contributed by atoms with Crippen molar-refractivity contribution in [3.8, 4) is 0 Å². The van der Waals surface area contributed by atoms with Crippen molar-refractivity contribution >= 4 is 0 Å². The van der Waals surface area contributed by atoms with Crippen molar-refractivity contribution in [3.63, 3.8) is 0 Å². The molecule has 0 spiro atoms. The normalized spacial score (nSPS) is 18.5. The van der Waals surface area contributed by atoms with Gasteiger partial charge in [0.1, 0.15) is 0 Å². The average molecular weight is 159 g/mol. The van der Waals surface area contributed by atoms with Gasteiger partial charge >= 0.3 is 0 Å². The highest BCUT2D eigenvalue weighted by molar-refractivity contribution is 4.82. The lowest BCUT2D eigenvalue weighted by atomic mass is 10.3. The molecule has 0 N–H and O–H groups in total. The van der Waals surface area contributed by atoms with Crippen molar-refractivity contribution in [2.24, 2.45) is 0 Å². The minimum absolute atomic E-state index is 0.0723. The van der Waals surface area contributed by atoms with Crippen LogP contribution in [0.15, 0.2) is 12.3 Å². The van der Waals surface area contributed by atoms with Gasteiger partial charge in [0.25, 0.3) is 0 Å². The molecule has 62 valence electrons. The molecule has 1 aliphatic rings. The summed E-state index contributed by atoms with van der Waals surface area (Å²) in [6, 6.07) is 0. The smallest absolute Gasteiger partial charge is 0.244 e. The molecule has 0 aliphatic carbocycles. The fraction of sp³-hybridized carbons (Fsp3) is 0.667. The first kappa shape index (κ1) is 8.16. The second kappa shape index (κ2) is 3.45. The molecule has 0 aromatic rings. The number of nitro groups is 1. The molecule has 0 saturated carbocycles. The van der Waals surface area contributed by atoms with Crippen LogP contribution in [-0.2, 0) is 9.47 Å². The van der Waals surface area contributed by atoms with E-state index in [1.807, 2.05) is 0 Å². The molecule has 0 unspecified atom stereocenters. The molecule has 0 aromatic heterocycles. The van der Waals surface area contributed by atoms with E-state index in [9.17, 15) is 10.1 Å². The summed E-state index contributed by atoms with van der Waals surface area (Å²) in [4.78, 5) is 9.56. The van der Waals surface area contributed by atoms with Gasteiger partial charge in [-0.05, 0) is 6.58 Å². The number of ether oxygens (including phenoxy) is 2. The Kier molecular flexibility index (Phi) is 2.56. The van der Waals surface area contributed by atoms with Gasteiger partial charge in [-0.1, -0.05) is 0 Å². The molecule has 1 rings (SSSR count). The van der Waals surface area contributed by atoms with E-state index in [0.717, 1.165) is 0 Å². The van der Waals surface area contributed by atoms with Crippen LogP contribution in [0.4, 0.5) is 0 Å². The summed E-state index contributed by atoms with van der Waals surface area (Å²) in [5.74, 6) is 0. The van der Waals surface area contributed by atoms with Gasteiger partial charge in [-0.25, -0.2) is 0 Å². The first-order valence-electron chi connectivity index (χ1n) is 3.25. The SMILES string of the molecule is C=C(CC1OCCO1)[N+](=O)[O-]. The molecule has 0 bridgehead atoms. The Labute approximate surface area is 63.7 Å². The van der Waals surface area contributed by atoms with Crippen molar-refractivity contribution in [1.82, 2.24) is 0 Å². The van der Waals surface area contributed by atoms with Gasteiger partial charge in [-0.15, -0.1) is 0 Å². The second-order valence-electron chi connectivity index (χ2n) is 2.20. The molecule has 11 heavy (non-hydrogen) atoms. The number of nitrogens with zero attached hydrogens (tertiary/aromatic N) is 1. The van der Waals surface area contributed by atoms with Gasteiger partial charge in [0.05, 0.1) is 24.6 Å². The summed E-state index contributed by atoms with van der Waals surface area (Å²) in [7, 11) is 0. The fourth-order valence-electron chi connectivity index (χ4n) is 0.792. The van der Waals surface area contributed by atoms with Crippen molar-refractivity contribution in [1.29, 1.82) is 0 Å². The Bertz CT molecular complexity index is 173. The highest BCUT2D eigenvalue weighted by Crippen LogP contribution is 2.12. The number of hydrogen-bond acceptors (Lipinski definition) is 4. The second-order valence-corrected chi connectivity index (χ2v) is 2.20. The largest absolute Gasteiger partial charge is 0.350 e. The molecule has 1 saturated heterocycles. The highest BCUT2D eigenvalue weighted by Gasteiger charge is 2.21. The molecule has 0 aromatic carbocycles. The van der Waals surface area contributed by atoms with Gasteiger partial charge in [0.15, 0.2) is 6.29 Å². The molecule has 0 atom stereocenters. The van der Waals surface area contributed by atoms with Crippen LogP contribution >= 0.6 is 0 Å². The van der Waals surface area contributed by atoms with Crippen molar-refractivity contribution < 1.29 is 14.4 Å².